The summed E-state index contributed by atoms with van der Waals surface area (Å²) < 4.78 is 0. The number of rotatable bonds is 0. The van der Waals surface area contributed by atoms with Gasteiger partial charge in [-0.05, 0) is 13.0 Å². The van der Waals surface area contributed by atoms with Gasteiger partial charge in [-0.2, -0.15) is 0 Å². The Morgan fingerprint density at radius 1 is 1.44 bits per heavy atom. The maximum atomic E-state index is 10.4. The summed E-state index contributed by atoms with van der Waals surface area (Å²) in [5.74, 6) is 0.353. The van der Waals surface area contributed by atoms with Gasteiger partial charge in [-0.3, -0.25) is 4.79 Å². The second kappa shape index (κ2) is 6.01. The lowest BCUT2D eigenvalue weighted by Crippen LogP contribution is -2.29. The second-order valence-corrected chi connectivity index (χ2v) is 1.82. The van der Waals surface area contributed by atoms with Crippen molar-refractivity contribution in [1.82, 2.24) is 5.32 Å². The summed E-state index contributed by atoms with van der Waals surface area (Å²) in [5, 5.41) is 2.98. The highest BCUT2D eigenvalue weighted by molar-refractivity contribution is 5.85. The number of hydrogen-bond acceptors (Lipinski definition) is 2. The van der Waals surface area contributed by atoms with Crippen molar-refractivity contribution in [3.05, 3.63) is 0 Å². The first kappa shape index (κ1) is 11.6. The number of piperidine rings is 1. The van der Waals surface area contributed by atoms with Crippen LogP contribution in [0.25, 0.3) is 0 Å². The van der Waals surface area contributed by atoms with Gasteiger partial charge in [-0.25, -0.2) is 0 Å². The second-order valence-electron chi connectivity index (χ2n) is 1.82. The lowest BCUT2D eigenvalue weighted by atomic mass is 10.1. The minimum absolute atomic E-state index is 0. The lowest BCUT2D eigenvalue weighted by molar-refractivity contribution is -0.119. The molecule has 0 unspecified atom stereocenters. The average molecular weight is 154 g/mol. The van der Waals surface area contributed by atoms with Crippen LogP contribution in [0.1, 0.15) is 12.8 Å². The van der Waals surface area contributed by atoms with Gasteiger partial charge in [-0.15, -0.1) is 12.4 Å². The van der Waals surface area contributed by atoms with E-state index < -0.39 is 0 Å². The molecule has 0 aliphatic carbocycles. The summed E-state index contributed by atoms with van der Waals surface area (Å²) >= 11 is 0. The monoisotopic (exact) mass is 153 g/mol. The highest BCUT2D eigenvalue weighted by Gasteiger charge is 2.04. The molecule has 1 saturated heterocycles. The molecule has 0 aromatic heterocycles. The van der Waals surface area contributed by atoms with Crippen LogP contribution < -0.4 is 5.32 Å². The fraction of sp³-hybridized carbons (Fsp3) is 0.800. The average Bonchev–Trinajstić information content (AvgIpc) is 1.69. The van der Waals surface area contributed by atoms with E-state index in [1.54, 1.807) is 0 Å². The number of ketones is 1. The van der Waals surface area contributed by atoms with Crippen LogP contribution in [0.15, 0.2) is 0 Å². The molecule has 1 rings (SSSR count). The summed E-state index contributed by atoms with van der Waals surface area (Å²) in [6, 6.07) is 0. The highest BCUT2D eigenvalue weighted by atomic mass is 35.5. The van der Waals surface area contributed by atoms with E-state index in [1.807, 2.05) is 0 Å². The molecule has 1 aliphatic rings. The van der Waals surface area contributed by atoms with Crippen molar-refractivity contribution >= 4 is 18.2 Å². The van der Waals surface area contributed by atoms with E-state index in [0.29, 0.717) is 12.3 Å². The SMILES string of the molecule is Cl.O.O=C1CCCNC1. The Balaban J connectivity index is 0. The first-order chi connectivity index (χ1) is 3.39. The standard InChI is InChI=1S/C5H9NO.ClH.H2O/c7-5-2-1-3-6-4-5;;/h6H,1-4H2;1H;1H2. The Morgan fingerprint density at radius 3 is 2.33 bits per heavy atom. The zero-order valence-electron chi connectivity index (χ0n) is 5.14. The number of carbonyl (C=O) groups is 1. The van der Waals surface area contributed by atoms with Crippen molar-refractivity contribution in [2.45, 2.75) is 12.8 Å². The number of carbonyl (C=O) groups excluding carboxylic acids is 1. The molecule has 0 aromatic carbocycles. The van der Waals surface area contributed by atoms with Crippen molar-refractivity contribution in [2.75, 3.05) is 13.1 Å². The summed E-state index contributed by atoms with van der Waals surface area (Å²) in [6.07, 6.45) is 1.81. The van der Waals surface area contributed by atoms with Crippen molar-refractivity contribution in [2.24, 2.45) is 0 Å². The topological polar surface area (TPSA) is 60.6 Å². The molecule has 0 amide bonds. The summed E-state index contributed by atoms with van der Waals surface area (Å²) in [4.78, 5) is 10.4. The number of halogens is 1. The third kappa shape index (κ3) is 4.39. The van der Waals surface area contributed by atoms with Gasteiger partial charge in [0, 0.05) is 6.42 Å². The van der Waals surface area contributed by atoms with Crippen LogP contribution in [0.5, 0.6) is 0 Å². The quantitative estimate of drug-likeness (QED) is 0.512. The molecule has 0 atom stereocenters. The summed E-state index contributed by atoms with van der Waals surface area (Å²) in [6.45, 7) is 1.62. The van der Waals surface area contributed by atoms with Gasteiger partial charge in [-0.1, -0.05) is 0 Å². The van der Waals surface area contributed by atoms with Crippen LogP contribution in [0.4, 0.5) is 0 Å². The first-order valence-electron chi connectivity index (χ1n) is 2.62. The summed E-state index contributed by atoms with van der Waals surface area (Å²) in [7, 11) is 0. The van der Waals surface area contributed by atoms with Crippen LogP contribution in [0.2, 0.25) is 0 Å². The molecule has 3 N–H and O–H groups in total. The molecule has 3 nitrogen and oxygen atoms in total. The largest absolute Gasteiger partial charge is 0.412 e. The van der Waals surface area contributed by atoms with E-state index in [9.17, 15) is 4.79 Å². The molecule has 1 aliphatic heterocycles. The molecule has 0 bridgehead atoms. The minimum atomic E-state index is 0. The maximum absolute atomic E-state index is 10.4. The minimum Gasteiger partial charge on any atom is -0.412 e. The Hall–Kier alpha value is -0.120. The summed E-state index contributed by atoms with van der Waals surface area (Å²) in [5.41, 5.74) is 0. The first-order valence-corrected chi connectivity index (χ1v) is 2.62. The Bertz CT molecular complexity index is 79.0. The molecule has 9 heavy (non-hydrogen) atoms. The third-order valence-electron chi connectivity index (χ3n) is 1.13. The van der Waals surface area contributed by atoms with E-state index >= 15 is 0 Å². The van der Waals surface area contributed by atoms with Crippen molar-refractivity contribution in [3.8, 4) is 0 Å². The van der Waals surface area contributed by atoms with E-state index in [1.165, 1.54) is 0 Å². The van der Waals surface area contributed by atoms with Crippen molar-refractivity contribution < 1.29 is 10.3 Å². The molecule has 1 heterocycles. The van der Waals surface area contributed by atoms with Gasteiger partial charge in [0.2, 0.25) is 0 Å². The normalized spacial score (nSPS) is 17.6. The van der Waals surface area contributed by atoms with Crippen LogP contribution in [-0.2, 0) is 4.79 Å². The van der Waals surface area contributed by atoms with Gasteiger partial charge in [0.25, 0.3) is 0 Å². The number of hydrogen-bond donors (Lipinski definition) is 1. The van der Waals surface area contributed by atoms with Gasteiger partial charge in [0.15, 0.2) is 0 Å². The Kier molecular flexibility index (Phi) is 7.77. The lowest BCUT2D eigenvalue weighted by Gasteiger charge is -2.08. The van der Waals surface area contributed by atoms with E-state index in [-0.39, 0.29) is 17.9 Å². The van der Waals surface area contributed by atoms with Crippen LogP contribution >= 0.6 is 12.4 Å². The third-order valence-corrected chi connectivity index (χ3v) is 1.13. The Morgan fingerprint density at radius 2 is 2.11 bits per heavy atom. The predicted molar refractivity (Wildman–Crippen MR) is 38.0 cm³/mol. The molecule has 56 valence electrons. The van der Waals surface area contributed by atoms with Crippen LogP contribution in [0, 0.1) is 0 Å². The molecule has 1 fully saturated rings. The number of nitrogens with one attached hydrogen (secondary N) is 1. The molecule has 0 radical (unpaired) electrons. The van der Waals surface area contributed by atoms with Gasteiger partial charge in [0.1, 0.15) is 5.78 Å². The Labute approximate surface area is 60.5 Å². The predicted octanol–water partition coefficient (Wildman–Crippen LogP) is -0.464. The van der Waals surface area contributed by atoms with Crippen molar-refractivity contribution in [3.63, 3.8) is 0 Å². The van der Waals surface area contributed by atoms with Crippen LogP contribution in [0.3, 0.4) is 0 Å². The van der Waals surface area contributed by atoms with Crippen LogP contribution in [-0.4, -0.2) is 24.3 Å². The fourth-order valence-corrected chi connectivity index (χ4v) is 0.727. The van der Waals surface area contributed by atoms with Gasteiger partial charge in [0.05, 0.1) is 6.54 Å². The molecule has 0 saturated carbocycles. The smallest absolute Gasteiger partial charge is 0.146 e. The zero-order chi connectivity index (χ0) is 5.11. The molecule has 4 heteroatoms. The van der Waals surface area contributed by atoms with E-state index in [0.717, 1.165) is 19.4 Å². The number of Topliss-reactive ketones (excluding diaryl/α,β-unsaturated/α-hetero) is 1. The highest BCUT2D eigenvalue weighted by Crippen LogP contribution is 1.92. The van der Waals surface area contributed by atoms with E-state index in [4.69, 9.17) is 0 Å². The zero-order valence-corrected chi connectivity index (χ0v) is 5.96. The fourth-order valence-electron chi connectivity index (χ4n) is 0.727. The molecular formula is C5H12ClNO2. The maximum Gasteiger partial charge on any atom is 0.146 e. The molecular weight excluding hydrogens is 142 g/mol. The molecule has 0 spiro atoms. The van der Waals surface area contributed by atoms with Crippen molar-refractivity contribution in [1.29, 1.82) is 0 Å². The molecule has 0 aromatic rings. The van der Waals surface area contributed by atoms with E-state index in [2.05, 4.69) is 5.32 Å². The van der Waals surface area contributed by atoms with Gasteiger partial charge < -0.3 is 10.8 Å². The van der Waals surface area contributed by atoms with Gasteiger partial charge >= 0.3 is 0 Å².